The predicted octanol–water partition coefficient (Wildman–Crippen LogP) is 3.41. The van der Waals surface area contributed by atoms with Gasteiger partial charge in [-0.05, 0) is 42.7 Å². The molecular weight excluding hydrogens is 432 g/mol. The summed E-state index contributed by atoms with van der Waals surface area (Å²) in [6, 6.07) is 15.6. The maximum Gasteiger partial charge on any atom is 0.275 e. The number of para-hydroxylation sites is 1. The molecule has 0 spiro atoms. The van der Waals surface area contributed by atoms with Gasteiger partial charge in [0, 0.05) is 21.9 Å². The third-order valence-electron chi connectivity index (χ3n) is 5.86. The monoisotopic (exact) mass is 450 g/mol. The Kier molecular flexibility index (Phi) is 4.10. The molecule has 1 saturated heterocycles. The van der Waals surface area contributed by atoms with E-state index in [-0.39, 0.29) is 18.4 Å². The van der Waals surface area contributed by atoms with E-state index >= 15 is 0 Å². The number of carbonyl (C=O) groups excluding carboxylic acids is 2. The highest BCUT2D eigenvalue weighted by Gasteiger charge is 2.54. The van der Waals surface area contributed by atoms with E-state index in [1.165, 1.54) is 5.01 Å². The highest BCUT2D eigenvalue weighted by molar-refractivity contribution is 9.10. The van der Waals surface area contributed by atoms with Gasteiger partial charge in [0.1, 0.15) is 6.54 Å². The second-order valence-corrected chi connectivity index (χ2v) is 8.47. The topological polar surface area (TPSA) is 68.8 Å². The normalized spacial score (nSPS) is 21.7. The number of amides is 2. The number of nitrogens with zero attached hydrogens (tertiary/aromatic N) is 3. The number of aromatic amines is 1. The molecule has 6 nitrogen and oxygen atoms in total. The summed E-state index contributed by atoms with van der Waals surface area (Å²) in [7, 11) is 0. The van der Waals surface area contributed by atoms with E-state index in [0.717, 1.165) is 38.6 Å². The van der Waals surface area contributed by atoms with Crippen molar-refractivity contribution in [2.45, 2.75) is 18.9 Å². The average Bonchev–Trinajstić information content (AvgIpc) is 3.10. The van der Waals surface area contributed by atoms with Gasteiger partial charge in [0.15, 0.2) is 5.54 Å². The molecule has 7 heteroatoms. The first-order valence-corrected chi connectivity index (χ1v) is 10.3. The van der Waals surface area contributed by atoms with Crippen molar-refractivity contribution in [3.05, 3.63) is 69.8 Å². The summed E-state index contributed by atoms with van der Waals surface area (Å²) in [4.78, 5) is 31.6. The summed E-state index contributed by atoms with van der Waals surface area (Å²) in [6.45, 7) is 2.30. The van der Waals surface area contributed by atoms with Crippen molar-refractivity contribution < 1.29 is 9.59 Å². The SMILES string of the molecule is C[C@@]12C(=O)N(/N=C/c3cccc(Br)c3)CC(=O)N1CCc1c2[nH]c2ccccc12. The molecule has 0 aliphatic carbocycles. The van der Waals surface area contributed by atoms with Gasteiger partial charge in [-0.25, -0.2) is 5.01 Å². The lowest BCUT2D eigenvalue weighted by atomic mass is 9.83. The standard InChI is InChI=1S/C22H19BrN4O2/c1-22-20-17(16-7-2-3-8-18(16)25-20)9-10-26(22)19(28)13-27(21(22)29)24-12-14-5-4-6-15(23)11-14/h2-8,11-12,25H,9-10,13H2,1H3/b24-12+/t22-/m1/s1. The van der Waals surface area contributed by atoms with Crippen LogP contribution in [0, 0.1) is 0 Å². The molecule has 29 heavy (non-hydrogen) atoms. The molecule has 0 bridgehead atoms. The number of halogens is 1. The van der Waals surface area contributed by atoms with Crippen LogP contribution in [0.15, 0.2) is 58.1 Å². The van der Waals surface area contributed by atoms with Crippen LogP contribution in [-0.4, -0.2) is 46.0 Å². The first kappa shape index (κ1) is 18.1. The first-order chi connectivity index (χ1) is 14.0. The number of aromatic nitrogens is 1. The fourth-order valence-corrected chi connectivity index (χ4v) is 4.82. The minimum Gasteiger partial charge on any atom is -0.356 e. The Labute approximate surface area is 176 Å². The fraction of sp³-hybridized carbons (Fsp3) is 0.227. The highest BCUT2D eigenvalue weighted by Crippen LogP contribution is 2.41. The molecule has 2 amide bonds. The third kappa shape index (κ3) is 2.72. The Morgan fingerprint density at radius 3 is 2.83 bits per heavy atom. The minimum absolute atomic E-state index is 0.0471. The Balaban J connectivity index is 1.57. The molecule has 2 aliphatic rings. The van der Waals surface area contributed by atoms with Gasteiger partial charge in [0.25, 0.3) is 5.91 Å². The van der Waals surface area contributed by atoms with E-state index in [0.29, 0.717) is 6.54 Å². The summed E-state index contributed by atoms with van der Waals surface area (Å²) < 4.78 is 0.927. The van der Waals surface area contributed by atoms with Crippen molar-refractivity contribution >= 4 is 44.9 Å². The Morgan fingerprint density at radius 1 is 1.17 bits per heavy atom. The summed E-state index contributed by atoms with van der Waals surface area (Å²) in [5.41, 5.74) is 2.65. The maximum atomic E-state index is 13.5. The fourth-order valence-electron chi connectivity index (χ4n) is 4.41. The maximum absolute atomic E-state index is 13.5. The van der Waals surface area contributed by atoms with Crippen LogP contribution in [0.1, 0.15) is 23.7 Å². The van der Waals surface area contributed by atoms with Gasteiger partial charge >= 0.3 is 0 Å². The molecule has 0 unspecified atom stereocenters. The van der Waals surface area contributed by atoms with Gasteiger partial charge in [-0.15, -0.1) is 0 Å². The molecule has 0 radical (unpaired) electrons. The molecule has 5 rings (SSSR count). The lowest BCUT2D eigenvalue weighted by molar-refractivity contribution is -0.165. The number of hydrogen-bond acceptors (Lipinski definition) is 3. The third-order valence-corrected chi connectivity index (χ3v) is 6.35. The largest absolute Gasteiger partial charge is 0.356 e. The van der Waals surface area contributed by atoms with E-state index in [1.807, 2.05) is 49.4 Å². The predicted molar refractivity (Wildman–Crippen MR) is 115 cm³/mol. The van der Waals surface area contributed by atoms with Crippen molar-refractivity contribution in [1.82, 2.24) is 14.9 Å². The molecule has 1 fully saturated rings. The van der Waals surface area contributed by atoms with Crippen LogP contribution in [-0.2, 0) is 21.5 Å². The number of rotatable bonds is 2. The van der Waals surface area contributed by atoms with Crippen LogP contribution in [0.4, 0.5) is 0 Å². The van der Waals surface area contributed by atoms with Gasteiger partial charge in [-0.3, -0.25) is 9.59 Å². The number of hydrazone groups is 1. The van der Waals surface area contributed by atoms with Gasteiger partial charge < -0.3 is 9.88 Å². The van der Waals surface area contributed by atoms with E-state index in [2.05, 4.69) is 32.1 Å². The molecule has 146 valence electrons. The number of H-pyrrole nitrogens is 1. The summed E-state index contributed by atoms with van der Waals surface area (Å²) in [5.74, 6) is -0.293. The molecule has 2 aromatic carbocycles. The van der Waals surface area contributed by atoms with Crippen LogP contribution in [0.3, 0.4) is 0 Å². The van der Waals surface area contributed by atoms with Crippen LogP contribution in [0.2, 0.25) is 0 Å². The van der Waals surface area contributed by atoms with E-state index in [1.54, 1.807) is 11.1 Å². The molecule has 3 heterocycles. The summed E-state index contributed by atoms with van der Waals surface area (Å²) in [6.07, 6.45) is 2.35. The number of piperazine rings is 1. The number of carbonyl (C=O) groups is 2. The Hall–Kier alpha value is -2.93. The van der Waals surface area contributed by atoms with Crippen molar-refractivity contribution in [2.75, 3.05) is 13.1 Å². The van der Waals surface area contributed by atoms with Crippen molar-refractivity contribution in [3.63, 3.8) is 0 Å². The number of hydrogen-bond donors (Lipinski definition) is 1. The molecule has 0 saturated carbocycles. The molecule has 3 aromatic rings. The number of nitrogens with one attached hydrogen (secondary N) is 1. The van der Waals surface area contributed by atoms with Crippen LogP contribution < -0.4 is 0 Å². The zero-order valence-corrected chi connectivity index (χ0v) is 17.4. The average molecular weight is 451 g/mol. The molecule has 2 aliphatic heterocycles. The van der Waals surface area contributed by atoms with E-state index < -0.39 is 5.54 Å². The lowest BCUT2D eigenvalue weighted by Gasteiger charge is -2.48. The molecular formula is C22H19BrN4O2. The van der Waals surface area contributed by atoms with Crippen molar-refractivity contribution in [3.8, 4) is 0 Å². The van der Waals surface area contributed by atoms with E-state index in [4.69, 9.17) is 0 Å². The number of benzene rings is 2. The molecule has 1 atom stereocenters. The van der Waals surface area contributed by atoms with Gasteiger partial charge in [0.05, 0.1) is 11.9 Å². The number of fused-ring (bicyclic) bond motifs is 5. The Bertz CT molecular complexity index is 1180. The van der Waals surface area contributed by atoms with Gasteiger partial charge in [0.2, 0.25) is 5.91 Å². The molecule has 1 N–H and O–H groups in total. The van der Waals surface area contributed by atoms with Crippen molar-refractivity contribution in [1.29, 1.82) is 0 Å². The first-order valence-electron chi connectivity index (χ1n) is 9.50. The second kappa shape index (κ2) is 6.56. The molecule has 1 aromatic heterocycles. The lowest BCUT2D eigenvalue weighted by Crippen LogP contribution is -2.65. The van der Waals surface area contributed by atoms with Crippen LogP contribution >= 0.6 is 15.9 Å². The second-order valence-electron chi connectivity index (χ2n) is 7.55. The van der Waals surface area contributed by atoms with Gasteiger partial charge in [-0.2, -0.15) is 5.10 Å². The highest BCUT2D eigenvalue weighted by atomic mass is 79.9. The van der Waals surface area contributed by atoms with Gasteiger partial charge in [-0.1, -0.05) is 46.3 Å². The smallest absolute Gasteiger partial charge is 0.275 e. The van der Waals surface area contributed by atoms with E-state index in [9.17, 15) is 9.59 Å². The Morgan fingerprint density at radius 2 is 2.00 bits per heavy atom. The zero-order chi connectivity index (χ0) is 20.2. The quantitative estimate of drug-likeness (QED) is 0.607. The zero-order valence-electron chi connectivity index (χ0n) is 15.9. The summed E-state index contributed by atoms with van der Waals surface area (Å²) >= 11 is 3.43. The van der Waals surface area contributed by atoms with Crippen LogP contribution in [0.25, 0.3) is 10.9 Å². The van der Waals surface area contributed by atoms with Crippen LogP contribution in [0.5, 0.6) is 0 Å². The summed E-state index contributed by atoms with van der Waals surface area (Å²) in [5, 5.41) is 6.77. The van der Waals surface area contributed by atoms with Crippen molar-refractivity contribution in [2.24, 2.45) is 5.10 Å². The minimum atomic E-state index is -1.09.